The fourth-order valence-electron chi connectivity index (χ4n) is 4.88. The molecule has 0 radical (unpaired) electrons. The van der Waals surface area contributed by atoms with Gasteiger partial charge in [0.15, 0.2) is 0 Å². The van der Waals surface area contributed by atoms with Crippen LogP contribution in [0.4, 0.5) is 5.69 Å². The zero-order chi connectivity index (χ0) is 19.3. The Morgan fingerprint density at radius 2 is 1.57 bits per heavy atom. The topological polar surface area (TPSA) is 53.1 Å². The Kier molecular flexibility index (Phi) is 4.18. The van der Waals surface area contributed by atoms with Crippen molar-refractivity contribution in [3.8, 4) is 5.75 Å². The summed E-state index contributed by atoms with van der Waals surface area (Å²) in [7, 11) is 0. The highest BCUT2D eigenvalue weighted by molar-refractivity contribution is 6.24. The minimum Gasteiger partial charge on any atom is -0.494 e. The number of rotatable bonds is 4. The van der Waals surface area contributed by atoms with E-state index in [9.17, 15) is 9.59 Å². The first-order valence-corrected chi connectivity index (χ1v) is 9.89. The molecule has 3 aliphatic rings. The van der Waals surface area contributed by atoms with Crippen LogP contribution in [0, 0.1) is 5.92 Å². The molecule has 3 atom stereocenters. The molecule has 3 heterocycles. The van der Waals surface area contributed by atoms with E-state index in [0.29, 0.717) is 12.3 Å². The number of hydrazine groups is 1. The summed E-state index contributed by atoms with van der Waals surface area (Å²) in [6.45, 7) is 4.21. The van der Waals surface area contributed by atoms with Gasteiger partial charge in [0.2, 0.25) is 5.91 Å². The van der Waals surface area contributed by atoms with Crippen molar-refractivity contribution < 1.29 is 14.3 Å². The van der Waals surface area contributed by atoms with Gasteiger partial charge in [-0.25, -0.2) is 14.9 Å². The van der Waals surface area contributed by atoms with Crippen molar-refractivity contribution in [1.29, 1.82) is 0 Å². The maximum Gasteiger partial charge on any atom is 0.253 e. The molecule has 28 heavy (non-hydrogen) atoms. The van der Waals surface area contributed by atoms with E-state index >= 15 is 0 Å². The Morgan fingerprint density at radius 1 is 0.893 bits per heavy atom. The van der Waals surface area contributed by atoms with Gasteiger partial charge in [-0.1, -0.05) is 30.3 Å². The third kappa shape index (κ3) is 2.48. The minimum atomic E-state index is -0.410. The van der Waals surface area contributed by atoms with Gasteiger partial charge >= 0.3 is 0 Å². The van der Waals surface area contributed by atoms with Crippen molar-refractivity contribution in [2.24, 2.45) is 5.92 Å². The summed E-state index contributed by atoms with van der Waals surface area (Å²) in [6.07, 6.45) is 1.01. The first-order valence-electron chi connectivity index (χ1n) is 9.89. The number of carbonyl (C=O) groups is 2. The summed E-state index contributed by atoms with van der Waals surface area (Å²) < 4.78 is 5.48. The van der Waals surface area contributed by atoms with Gasteiger partial charge in [-0.2, -0.15) is 0 Å². The quantitative estimate of drug-likeness (QED) is 0.767. The third-order valence-electron chi connectivity index (χ3n) is 5.95. The fraction of sp³-hybridized carbons (Fsp3) is 0.364. The van der Waals surface area contributed by atoms with Crippen molar-refractivity contribution in [2.45, 2.75) is 25.4 Å². The molecule has 144 valence electrons. The largest absolute Gasteiger partial charge is 0.494 e. The van der Waals surface area contributed by atoms with Crippen molar-refractivity contribution in [3.05, 3.63) is 60.2 Å². The number of fused-ring (bicyclic) bond motifs is 3. The summed E-state index contributed by atoms with van der Waals surface area (Å²) in [5.74, 6) is 0.132. The van der Waals surface area contributed by atoms with E-state index in [4.69, 9.17) is 4.74 Å². The molecule has 0 aliphatic carbocycles. The van der Waals surface area contributed by atoms with Crippen molar-refractivity contribution in [1.82, 2.24) is 10.0 Å². The number of hydrogen-bond donors (Lipinski definition) is 0. The standard InChI is InChI=1S/C22H23N3O3/c1-2-28-17-11-9-16(10-12-17)25-21(26)18-19(15-7-4-3-5-8-15)23-13-6-14-24(23)20(18)22(25)27/h3-5,7-12,18-20H,2,6,13-14H2,1H3. The molecular formula is C22H23N3O3. The number of hydrogen-bond acceptors (Lipinski definition) is 5. The maximum atomic E-state index is 13.4. The van der Waals surface area contributed by atoms with Crippen LogP contribution in [0.1, 0.15) is 24.9 Å². The molecule has 0 bridgehead atoms. The van der Waals surface area contributed by atoms with Crippen LogP contribution < -0.4 is 9.64 Å². The predicted octanol–water partition coefficient (Wildman–Crippen LogP) is 2.62. The predicted molar refractivity (Wildman–Crippen MR) is 105 cm³/mol. The zero-order valence-corrected chi connectivity index (χ0v) is 15.8. The second-order valence-corrected chi connectivity index (χ2v) is 7.44. The van der Waals surface area contributed by atoms with Crippen LogP contribution in [0.3, 0.4) is 0 Å². The highest BCUT2D eigenvalue weighted by Crippen LogP contribution is 2.48. The fourth-order valence-corrected chi connectivity index (χ4v) is 4.88. The Morgan fingerprint density at radius 3 is 2.25 bits per heavy atom. The number of benzene rings is 2. The van der Waals surface area contributed by atoms with E-state index in [-0.39, 0.29) is 23.8 Å². The summed E-state index contributed by atoms with van der Waals surface area (Å²) in [5, 5.41) is 4.35. The minimum absolute atomic E-state index is 0.0853. The highest BCUT2D eigenvalue weighted by Gasteiger charge is 2.62. The first-order chi connectivity index (χ1) is 13.7. The number of anilines is 1. The average molecular weight is 377 g/mol. The summed E-state index contributed by atoms with van der Waals surface area (Å²) >= 11 is 0. The van der Waals surface area contributed by atoms with Crippen LogP contribution >= 0.6 is 0 Å². The van der Waals surface area contributed by atoms with Gasteiger partial charge in [-0.05, 0) is 43.2 Å². The molecule has 2 aromatic rings. The molecule has 3 saturated heterocycles. The summed E-state index contributed by atoms with van der Waals surface area (Å²) in [5.41, 5.74) is 1.71. The second-order valence-electron chi connectivity index (χ2n) is 7.44. The Bertz CT molecular complexity index is 899. The lowest BCUT2D eigenvalue weighted by Crippen LogP contribution is -2.44. The van der Waals surface area contributed by atoms with Gasteiger partial charge in [-0.3, -0.25) is 9.59 Å². The lowest BCUT2D eigenvalue weighted by molar-refractivity contribution is -0.126. The molecule has 3 unspecified atom stereocenters. The van der Waals surface area contributed by atoms with E-state index in [1.165, 1.54) is 4.90 Å². The van der Waals surface area contributed by atoms with Crippen LogP contribution in [-0.4, -0.2) is 47.6 Å². The maximum absolute atomic E-state index is 13.4. The van der Waals surface area contributed by atoms with E-state index in [1.807, 2.05) is 37.3 Å². The van der Waals surface area contributed by atoms with Gasteiger partial charge in [0.1, 0.15) is 11.8 Å². The average Bonchev–Trinajstić information content (AvgIpc) is 3.36. The molecular weight excluding hydrogens is 354 g/mol. The van der Waals surface area contributed by atoms with Crippen molar-refractivity contribution in [2.75, 3.05) is 24.6 Å². The number of ether oxygens (including phenoxy) is 1. The highest BCUT2D eigenvalue weighted by atomic mass is 16.5. The molecule has 5 rings (SSSR count). The van der Waals surface area contributed by atoms with Crippen LogP contribution in [-0.2, 0) is 9.59 Å². The van der Waals surface area contributed by atoms with Crippen LogP contribution in [0.2, 0.25) is 0 Å². The monoisotopic (exact) mass is 377 g/mol. The molecule has 2 aromatic carbocycles. The SMILES string of the molecule is CCOc1ccc(N2C(=O)C3C(C2=O)N2CCCN2C3c2ccccc2)cc1. The summed E-state index contributed by atoms with van der Waals surface area (Å²) in [6, 6.07) is 16.8. The van der Waals surface area contributed by atoms with E-state index in [1.54, 1.807) is 12.1 Å². The lowest BCUT2D eigenvalue weighted by atomic mass is 9.90. The number of imide groups is 1. The van der Waals surface area contributed by atoms with Gasteiger partial charge in [0, 0.05) is 13.1 Å². The van der Waals surface area contributed by atoms with Gasteiger partial charge in [-0.15, -0.1) is 0 Å². The van der Waals surface area contributed by atoms with Crippen LogP contribution in [0.15, 0.2) is 54.6 Å². The Hall–Kier alpha value is -2.70. The van der Waals surface area contributed by atoms with E-state index in [2.05, 4.69) is 22.2 Å². The van der Waals surface area contributed by atoms with E-state index < -0.39 is 6.04 Å². The van der Waals surface area contributed by atoms with Crippen LogP contribution in [0.5, 0.6) is 5.75 Å². The molecule has 3 aliphatic heterocycles. The number of amides is 2. The normalized spacial score (nSPS) is 27.3. The van der Waals surface area contributed by atoms with Gasteiger partial charge in [0.25, 0.3) is 5.91 Å². The van der Waals surface area contributed by atoms with Crippen molar-refractivity contribution in [3.63, 3.8) is 0 Å². The molecule has 0 N–H and O–H groups in total. The number of nitrogens with zero attached hydrogens (tertiary/aromatic N) is 3. The molecule has 0 aromatic heterocycles. The lowest BCUT2D eigenvalue weighted by Gasteiger charge is -2.29. The third-order valence-corrected chi connectivity index (χ3v) is 5.95. The van der Waals surface area contributed by atoms with Gasteiger partial charge < -0.3 is 4.74 Å². The smallest absolute Gasteiger partial charge is 0.253 e. The number of carbonyl (C=O) groups excluding carboxylic acids is 2. The Balaban J connectivity index is 1.52. The van der Waals surface area contributed by atoms with Crippen LogP contribution in [0.25, 0.3) is 0 Å². The molecule has 2 amide bonds. The Labute approximate surface area is 164 Å². The molecule has 0 saturated carbocycles. The van der Waals surface area contributed by atoms with E-state index in [0.717, 1.165) is 30.8 Å². The zero-order valence-electron chi connectivity index (χ0n) is 15.8. The molecule has 6 nitrogen and oxygen atoms in total. The molecule has 3 fully saturated rings. The van der Waals surface area contributed by atoms with Gasteiger partial charge in [0.05, 0.1) is 24.3 Å². The van der Waals surface area contributed by atoms with Crippen molar-refractivity contribution >= 4 is 17.5 Å². The first kappa shape index (κ1) is 17.4. The summed E-state index contributed by atoms with van der Waals surface area (Å²) in [4.78, 5) is 28.1. The molecule has 6 heteroatoms. The molecule has 0 spiro atoms. The second kappa shape index (κ2) is 6.72.